The third-order valence-electron chi connectivity index (χ3n) is 3.10. The predicted octanol–water partition coefficient (Wildman–Crippen LogP) is 3.58. The lowest BCUT2D eigenvalue weighted by Crippen LogP contribution is -2.03. The normalized spacial score (nSPS) is 12.4. The van der Waals surface area contributed by atoms with E-state index in [2.05, 4.69) is 32.0 Å². The van der Waals surface area contributed by atoms with Crippen molar-refractivity contribution in [3.05, 3.63) is 70.8 Å². The fourth-order valence-corrected chi connectivity index (χ4v) is 2.02. The summed E-state index contributed by atoms with van der Waals surface area (Å²) in [4.78, 5) is 0. The quantitative estimate of drug-likeness (QED) is 0.848. The maximum absolute atomic E-state index is 10.2. The van der Waals surface area contributed by atoms with E-state index < -0.39 is 6.10 Å². The summed E-state index contributed by atoms with van der Waals surface area (Å²) >= 11 is 0. The van der Waals surface area contributed by atoms with Gasteiger partial charge in [-0.05, 0) is 30.5 Å². The highest BCUT2D eigenvalue weighted by atomic mass is 16.3. The molecule has 0 aliphatic rings. The largest absolute Gasteiger partial charge is 0.388 e. The van der Waals surface area contributed by atoms with Gasteiger partial charge in [-0.1, -0.05) is 54.1 Å². The first-order valence-corrected chi connectivity index (χ1v) is 5.96. The molecule has 0 aliphatic carbocycles. The van der Waals surface area contributed by atoms with Crippen LogP contribution >= 0.6 is 0 Å². The second-order valence-corrected chi connectivity index (χ2v) is 4.56. The molecule has 1 nitrogen and oxygen atoms in total. The molecule has 0 amide bonds. The van der Waals surface area contributed by atoms with E-state index in [9.17, 15) is 5.11 Å². The number of aryl methyl sites for hydroxylation is 2. The molecule has 0 saturated carbocycles. The van der Waals surface area contributed by atoms with E-state index in [0.29, 0.717) is 6.42 Å². The lowest BCUT2D eigenvalue weighted by molar-refractivity contribution is 0.178. The molecular formula is C16H18O. The van der Waals surface area contributed by atoms with Crippen molar-refractivity contribution in [2.24, 2.45) is 0 Å². The van der Waals surface area contributed by atoms with Gasteiger partial charge in [-0.2, -0.15) is 0 Å². The Labute approximate surface area is 103 Å². The van der Waals surface area contributed by atoms with Gasteiger partial charge in [0.1, 0.15) is 0 Å². The van der Waals surface area contributed by atoms with Crippen LogP contribution in [-0.2, 0) is 6.42 Å². The molecule has 2 aromatic rings. The zero-order valence-electron chi connectivity index (χ0n) is 10.4. The van der Waals surface area contributed by atoms with Gasteiger partial charge in [0.2, 0.25) is 0 Å². The molecule has 1 N–H and O–H groups in total. The van der Waals surface area contributed by atoms with Crippen molar-refractivity contribution in [2.75, 3.05) is 0 Å². The van der Waals surface area contributed by atoms with Crippen LogP contribution in [0.15, 0.2) is 48.5 Å². The molecule has 0 aromatic heterocycles. The van der Waals surface area contributed by atoms with Crippen molar-refractivity contribution in [2.45, 2.75) is 26.4 Å². The van der Waals surface area contributed by atoms with Crippen LogP contribution in [0.2, 0.25) is 0 Å². The van der Waals surface area contributed by atoms with Gasteiger partial charge in [0.15, 0.2) is 0 Å². The number of hydrogen-bond donors (Lipinski definition) is 1. The van der Waals surface area contributed by atoms with Gasteiger partial charge in [-0.25, -0.2) is 0 Å². The van der Waals surface area contributed by atoms with E-state index in [-0.39, 0.29) is 0 Å². The fraction of sp³-hybridized carbons (Fsp3) is 0.250. The molecule has 1 heteroatoms. The summed E-state index contributed by atoms with van der Waals surface area (Å²) in [7, 11) is 0. The Bertz CT molecular complexity index is 488. The number of hydrogen-bond acceptors (Lipinski definition) is 1. The van der Waals surface area contributed by atoms with Crippen LogP contribution in [0, 0.1) is 13.8 Å². The smallest absolute Gasteiger partial charge is 0.0830 e. The lowest BCUT2D eigenvalue weighted by atomic mass is 9.97. The molecule has 0 spiro atoms. The van der Waals surface area contributed by atoms with Crippen LogP contribution in [0.3, 0.4) is 0 Å². The monoisotopic (exact) mass is 226 g/mol. The Hall–Kier alpha value is -1.60. The molecule has 0 aliphatic heterocycles. The molecule has 17 heavy (non-hydrogen) atoms. The second-order valence-electron chi connectivity index (χ2n) is 4.56. The Morgan fingerprint density at radius 2 is 1.71 bits per heavy atom. The van der Waals surface area contributed by atoms with Crippen LogP contribution in [0.25, 0.3) is 0 Å². The maximum atomic E-state index is 10.2. The van der Waals surface area contributed by atoms with Crippen molar-refractivity contribution >= 4 is 0 Å². The molecule has 0 saturated heterocycles. The minimum atomic E-state index is -0.420. The summed E-state index contributed by atoms with van der Waals surface area (Å²) in [5.74, 6) is 0. The summed E-state index contributed by atoms with van der Waals surface area (Å²) < 4.78 is 0. The molecule has 2 rings (SSSR count). The topological polar surface area (TPSA) is 20.2 Å². The summed E-state index contributed by atoms with van der Waals surface area (Å²) in [5.41, 5.74) is 4.69. The van der Waals surface area contributed by atoms with Crippen molar-refractivity contribution in [3.8, 4) is 0 Å². The van der Waals surface area contributed by atoms with Gasteiger partial charge < -0.3 is 5.11 Å². The Balaban J connectivity index is 2.18. The molecule has 0 radical (unpaired) electrons. The zero-order valence-corrected chi connectivity index (χ0v) is 10.4. The molecular weight excluding hydrogens is 208 g/mol. The highest BCUT2D eigenvalue weighted by molar-refractivity contribution is 5.32. The predicted molar refractivity (Wildman–Crippen MR) is 71.0 cm³/mol. The summed E-state index contributed by atoms with van der Waals surface area (Å²) in [6.07, 6.45) is 0.258. The molecule has 88 valence electrons. The van der Waals surface area contributed by atoms with Gasteiger partial charge in [0.25, 0.3) is 0 Å². The SMILES string of the molecule is Cc1ccc(C)c(CC(O)c2ccccc2)c1. The fourth-order valence-electron chi connectivity index (χ4n) is 2.02. The van der Waals surface area contributed by atoms with Gasteiger partial charge in [-0.15, -0.1) is 0 Å². The van der Waals surface area contributed by atoms with E-state index >= 15 is 0 Å². The van der Waals surface area contributed by atoms with E-state index in [1.807, 2.05) is 30.3 Å². The summed E-state index contributed by atoms with van der Waals surface area (Å²) in [5, 5.41) is 10.2. The third-order valence-corrected chi connectivity index (χ3v) is 3.10. The lowest BCUT2D eigenvalue weighted by Gasteiger charge is -2.13. The van der Waals surface area contributed by atoms with Crippen LogP contribution in [0.5, 0.6) is 0 Å². The van der Waals surface area contributed by atoms with Crippen LogP contribution in [-0.4, -0.2) is 5.11 Å². The van der Waals surface area contributed by atoms with Gasteiger partial charge in [-0.3, -0.25) is 0 Å². The minimum absolute atomic E-state index is 0.420. The standard InChI is InChI=1S/C16H18O/c1-12-8-9-13(2)15(10-12)11-16(17)14-6-4-3-5-7-14/h3-10,16-17H,11H2,1-2H3. The zero-order chi connectivity index (χ0) is 12.3. The highest BCUT2D eigenvalue weighted by Crippen LogP contribution is 2.20. The molecule has 0 heterocycles. The van der Waals surface area contributed by atoms with E-state index in [1.54, 1.807) is 0 Å². The van der Waals surface area contributed by atoms with Crippen LogP contribution in [0.4, 0.5) is 0 Å². The van der Waals surface area contributed by atoms with Crippen molar-refractivity contribution in [1.29, 1.82) is 0 Å². The minimum Gasteiger partial charge on any atom is -0.388 e. The van der Waals surface area contributed by atoms with Gasteiger partial charge in [0, 0.05) is 6.42 Å². The Kier molecular flexibility index (Phi) is 3.60. The average Bonchev–Trinajstić information content (AvgIpc) is 2.35. The molecule has 1 unspecified atom stereocenters. The second kappa shape index (κ2) is 5.15. The van der Waals surface area contributed by atoms with Gasteiger partial charge >= 0.3 is 0 Å². The summed E-state index contributed by atoms with van der Waals surface area (Å²) in [6, 6.07) is 16.2. The average molecular weight is 226 g/mol. The molecule has 0 bridgehead atoms. The van der Waals surface area contributed by atoms with Crippen molar-refractivity contribution in [1.82, 2.24) is 0 Å². The van der Waals surface area contributed by atoms with E-state index in [4.69, 9.17) is 0 Å². The van der Waals surface area contributed by atoms with Crippen molar-refractivity contribution < 1.29 is 5.11 Å². The molecule has 0 fully saturated rings. The first-order valence-electron chi connectivity index (χ1n) is 5.96. The van der Waals surface area contributed by atoms with E-state index in [0.717, 1.165) is 5.56 Å². The first kappa shape index (κ1) is 11.9. The van der Waals surface area contributed by atoms with E-state index in [1.165, 1.54) is 16.7 Å². The Morgan fingerprint density at radius 1 is 1.00 bits per heavy atom. The third kappa shape index (κ3) is 2.95. The molecule has 1 atom stereocenters. The highest BCUT2D eigenvalue weighted by Gasteiger charge is 2.09. The number of aliphatic hydroxyl groups is 1. The number of aliphatic hydroxyl groups excluding tert-OH is 1. The summed E-state index contributed by atoms with van der Waals surface area (Å²) in [6.45, 7) is 4.17. The molecule has 2 aromatic carbocycles. The number of benzene rings is 2. The first-order chi connectivity index (χ1) is 8.16. The maximum Gasteiger partial charge on any atom is 0.0830 e. The Morgan fingerprint density at radius 3 is 2.41 bits per heavy atom. The van der Waals surface area contributed by atoms with Crippen LogP contribution < -0.4 is 0 Å². The van der Waals surface area contributed by atoms with Crippen molar-refractivity contribution in [3.63, 3.8) is 0 Å². The van der Waals surface area contributed by atoms with Crippen LogP contribution in [0.1, 0.15) is 28.4 Å². The number of rotatable bonds is 3. The van der Waals surface area contributed by atoms with Gasteiger partial charge in [0.05, 0.1) is 6.10 Å².